The SMILES string of the molecule is CC(=O)NCc1ccc(C(=O)NCC2CCN(CCc3ccccc3)C2)cc1. The second kappa shape index (κ2) is 10.0. The third kappa shape index (κ3) is 6.20. The number of amides is 2. The normalized spacial score (nSPS) is 16.7. The summed E-state index contributed by atoms with van der Waals surface area (Å²) >= 11 is 0. The number of carbonyl (C=O) groups excluding carboxylic acids is 2. The fraction of sp³-hybridized carbons (Fsp3) is 0.391. The second-order valence-electron chi connectivity index (χ2n) is 7.51. The third-order valence-corrected chi connectivity index (χ3v) is 5.24. The van der Waals surface area contributed by atoms with Crippen LogP contribution in [0.4, 0.5) is 0 Å². The van der Waals surface area contributed by atoms with Crippen LogP contribution in [0.15, 0.2) is 54.6 Å². The molecule has 1 fully saturated rings. The van der Waals surface area contributed by atoms with Crippen molar-refractivity contribution in [2.75, 3.05) is 26.2 Å². The molecule has 2 amide bonds. The molecule has 5 heteroatoms. The van der Waals surface area contributed by atoms with Gasteiger partial charge < -0.3 is 15.5 Å². The molecule has 0 radical (unpaired) electrons. The first-order valence-corrected chi connectivity index (χ1v) is 9.98. The van der Waals surface area contributed by atoms with Crippen LogP contribution < -0.4 is 10.6 Å². The lowest BCUT2D eigenvalue weighted by atomic mass is 10.1. The van der Waals surface area contributed by atoms with E-state index in [9.17, 15) is 9.59 Å². The number of likely N-dealkylation sites (tertiary alicyclic amines) is 1. The number of hydrogen-bond donors (Lipinski definition) is 2. The van der Waals surface area contributed by atoms with Gasteiger partial charge in [-0.15, -0.1) is 0 Å². The van der Waals surface area contributed by atoms with E-state index in [4.69, 9.17) is 0 Å². The van der Waals surface area contributed by atoms with E-state index in [1.165, 1.54) is 12.5 Å². The van der Waals surface area contributed by atoms with Crippen molar-refractivity contribution in [3.8, 4) is 0 Å². The van der Waals surface area contributed by atoms with Gasteiger partial charge in [0, 0.05) is 38.7 Å². The molecule has 0 saturated carbocycles. The Balaban J connectivity index is 1.38. The summed E-state index contributed by atoms with van der Waals surface area (Å²) in [6.07, 6.45) is 2.20. The molecule has 0 bridgehead atoms. The zero-order valence-corrected chi connectivity index (χ0v) is 16.5. The molecule has 2 aromatic rings. The highest BCUT2D eigenvalue weighted by Gasteiger charge is 2.22. The Hall–Kier alpha value is -2.66. The highest BCUT2D eigenvalue weighted by molar-refractivity contribution is 5.94. The Morgan fingerprint density at radius 1 is 1.00 bits per heavy atom. The maximum Gasteiger partial charge on any atom is 0.251 e. The lowest BCUT2D eigenvalue weighted by Crippen LogP contribution is -2.31. The zero-order valence-electron chi connectivity index (χ0n) is 16.5. The Kier molecular flexibility index (Phi) is 7.20. The van der Waals surface area contributed by atoms with E-state index >= 15 is 0 Å². The second-order valence-corrected chi connectivity index (χ2v) is 7.51. The van der Waals surface area contributed by atoms with E-state index < -0.39 is 0 Å². The predicted molar refractivity (Wildman–Crippen MR) is 111 cm³/mol. The predicted octanol–water partition coefficient (Wildman–Crippen LogP) is 2.62. The lowest BCUT2D eigenvalue weighted by molar-refractivity contribution is -0.119. The van der Waals surface area contributed by atoms with Gasteiger partial charge in [-0.05, 0) is 48.6 Å². The topological polar surface area (TPSA) is 61.4 Å². The van der Waals surface area contributed by atoms with Gasteiger partial charge in [-0.25, -0.2) is 0 Å². The average molecular weight is 380 g/mol. The van der Waals surface area contributed by atoms with Gasteiger partial charge in [0.2, 0.25) is 5.91 Å². The molecule has 28 heavy (non-hydrogen) atoms. The van der Waals surface area contributed by atoms with Crippen LogP contribution in [-0.2, 0) is 17.8 Å². The monoisotopic (exact) mass is 379 g/mol. The Morgan fingerprint density at radius 3 is 2.46 bits per heavy atom. The Morgan fingerprint density at radius 2 is 1.75 bits per heavy atom. The molecule has 1 unspecified atom stereocenters. The minimum absolute atomic E-state index is 0.0335. The van der Waals surface area contributed by atoms with Crippen LogP contribution in [0.25, 0.3) is 0 Å². The van der Waals surface area contributed by atoms with Crippen molar-refractivity contribution in [2.24, 2.45) is 5.92 Å². The molecule has 3 rings (SSSR count). The number of nitrogens with zero attached hydrogens (tertiary/aromatic N) is 1. The highest BCUT2D eigenvalue weighted by Crippen LogP contribution is 2.16. The summed E-state index contributed by atoms with van der Waals surface area (Å²) < 4.78 is 0. The summed E-state index contributed by atoms with van der Waals surface area (Å²) in [5.74, 6) is 0.420. The van der Waals surface area contributed by atoms with Crippen molar-refractivity contribution in [3.63, 3.8) is 0 Å². The van der Waals surface area contributed by atoms with Crippen molar-refractivity contribution >= 4 is 11.8 Å². The van der Waals surface area contributed by atoms with E-state index in [1.807, 2.05) is 24.3 Å². The van der Waals surface area contributed by atoms with Gasteiger partial charge in [0.25, 0.3) is 5.91 Å². The minimum atomic E-state index is -0.0591. The summed E-state index contributed by atoms with van der Waals surface area (Å²) in [6.45, 7) is 5.91. The molecule has 2 aromatic carbocycles. The highest BCUT2D eigenvalue weighted by atomic mass is 16.2. The van der Waals surface area contributed by atoms with E-state index in [0.29, 0.717) is 24.6 Å². The van der Waals surface area contributed by atoms with Crippen LogP contribution in [-0.4, -0.2) is 42.9 Å². The van der Waals surface area contributed by atoms with E-state index in [0.717, 1.165) is 38.0 Å². The summed E-state index contributed by atoms with van der Waals surface area (Å²) in [7, 11) is 0. The van der Waals surface area contributed by atoms with E-state index in [2.05, 4.69) is 45.9 Å². The van der Waals surface area contributed by atoms with Gasteiger partial charge in [-0.3, -0.25) is 9.59 Å². The smallest absolute Gasteiger partial charge is 0.251 e. The molecular formula is C23H29N3O2. The van der Waals surface area contributed by atoms with Crippen molar-refractivity contribution in [1.82, 2.24) is 15.5 Å². The fourth-order valence-electron chi connectivity index (χ4n) is 3.55. The summed E-state index contributed by atoms with van der Waals surface area (Å²) in [5, 5.41) is 5.82. The van der Waals surface area contributed by atoms with Crippen LogP contribution in [0.3, 0.4) is 0 Å². The first kappa shape index (κ1) is 20.1. The molecule has 0 spiro atoms. The zero-order chi connectivity index (χ0) is 19.8. The third-order valence-electron chi connectivity index (χ3n) is 5.24. The van der Waals surface area contributed by atoms with E-state index in [1.54, 1.807) is 0 Å². The molecule has 0 aromatic heterocycles. The summed E-state index contributed by atoms with van der Waals surface area (Å²) in [5.41, 5.74) is 3.02. The lowest BCUT2D eigenvalue weighted by Gasteiger charge is -2.16. The number of hydrogen-bond acceptors (Lipinski definition) is 3. The molecule has 0 aliphatic carbocycles. The van der Waals surface area contributed by atoms with Crippen LogP contribution in [0.1, 0.15) is 34.8 Å². The standard InChI is InChI=1S/C23H29N3O2/c1-18(27)24-15-20-7-9-22(10-8-20)23(28)25-16-21-12-14-26(17-21)13-11-19-5-3-2-4-6-19/h2-10,21H,11-17H2,1H3,(H,24,27)(H,25,28). The molecule has 1 aliphatic rings. The molecule has 148 valence electrons. The first-order chi connectivity index (χ1) is 13.6. The van der Waals surface area contributed by atoms with Gasteiger partial charge in [-0.1, -0.05) is 42.5 Å². The van der Waals surface area contributed by atoms with Gasteiger partial charge in [0.05, 0.1) is 0 Å². The van der Waals surface area contributed by atoms with Crippen LogP contribution in [0.5, 0.6) is 0 Å². The number of carbonyl (C=O) groups is 2. The minimum Gasteiger partial charge on any atom is -0.352 e. The molecule has 1 atom stereocenters. The number of rotatable bonds is 8. The Labute approximate surface area is 167 Å². The summed E-state index contributed by atoms with van der Waals surface area (Å²) in [6, 6.07) is 18.0. The van der Waals surface area contributed by atoms with Crippen LogP contribution in [0, 0.1) is 5.92 Å². The number of nitrogens with one attached hydrogen (secondary N) is 2. The van der Waals surface area contributed by atoms with Gasteiger partial charge in [-0.2, -0.15) is 0 Å². The average Bonchev–Trinajstić information content (AvgIpc) is 3.18. The van der Waals surface area contributed by atoms with Crippen molar-refractivity contribution in [2.45, 2.75) is 26.3 Å². The van der Waals surface area contributed by atoms with Crippen molar-refractivity contribution in [1.29, 1.82) is 0 Å². The van der Waals surface area contributed by atoms with E-state index in [-0.39, 0.29) is 11.8 Å². The fourth-order valence-corrected chi connectivity index (χ4v) is 3.55. The molecular weight excluding hydrogens is 350 g/mol. The first-order valence-electron chi connectivity index (χ1n) is 9.98. The van der Waals surface area contributed by atoms with Crippen LogP contribution in [0.2, 0.25) is 0 Å². The summed E-state index contributed by atoms with van der Waals surface area (Å²) in [4.78, 5) is 25.8. The van der Waals surface area contributed by atoms with Gasteiger partial charge in [0.15, 0.2) is 0 Å². The van der Waals surface area contributed by atoms with Gasteiger partial charge >= 0.3 is 0 Å². The van der Waals surface area contributed by atoms with Crippen molar-refractivity contribution < 1.29 is 9.59 Å². The molecule has 1 saturated heterocycles. The Bertz CT molecular complexity index is 774. The largest absolute Gasteiger partial charge is 0.352 e. The molecule has 2 N–H and O–H groups in total. The molecule has 1 aliphatic heterocycles. The maximum absolute atomic E-state index is 12.4. The van der Waals surface area contributed by atoms with Gasteiger partial charge in [0.1, 0.15) is 0 Å². The number of benzene rings is 2. The van der Waals surface area contributed by atoms with Crippen LogP contribution >= 0.6 is 0 Å². The molecule has 5 nitrogen and oxygen atoms in total. The maximum atomic E-state index is 12.4. The quantitative estimate of drug-likeness (QED) is 0.741. The van der Waals surface area contributed by atoms with Crippen molar-refractivity contribution in [3.05, 3.63) is 71.3 Å². The molecule has 1 heterocycles.